The van der Waals surface area contributed by atoms with Gasteiger partial charge in [0.15, 0.2) is 17.1 Å². The third-order valence-electron chi connectivity index (χ3n) is 4.06. The molecule has 1 saturated heterocycles. The molecule has 0 bridgehead atoms. The van der Waals surface area contributed by atoms with E-state index < -0.39 is 35.9 Å². The zero-order chi connectivity index (χ0) is 18.7. The number of aromatic amines is 1. The summed E-state index contributed by atoms with van der Waals surface area (Å²) in [6, 6.07) is 0. The van der Waals surface area contributed by atoms with E-state index in [0.717, 1.165) is 0 Å². The number of hydrogen-bond acceptors (Lipinski definition) is 8. The number of nitrogens with zero attached hydrogens (tertiary/aromatic N) is 1. The lowest BCUT2D eigenvalue weighted by molar-refractivity contribution is -0.153. The summed E-state index contributed by atoms with van der Waals surface area (Å²) in [6.45, 7) is 2.78. The number of aliphatic hydroxyl groups excluding tert-OH is 1. The number of H-pyrrole nitrogens is 1. The first-order valence-corrected chi connectivity index (χ1v) is 8.04. The summed E-state index contributed by atoms with van der Waals surface area (Å²) in [7, 11) is 1.22. The maximum atomic E-state index is 12.0. The summed E-state index contributed by atoms with van der Waals surface area (Å²) < 4.78 is 17.1. The summed E-state index contributed by atoms with van der Waals surface area (Å²) in [6.07, 6.45) is -0.973. The zero-order valence-electron chi connectivity index (χ0n) is 14.1. The molecule has 1 unspecified atom stereocenters. The Hall–Kier alpha value is -2.04. The molecule has 9 nitrogen and oxygen atoms in total. The molecule has 1 aromatic heterocycles. The fourth-order valence-electron chi connectivity index (χ4n) is 2.71. The van der Waals surface area contributed by atoms with Gasteiger partial charge in [0.05, 0.1) is 26.2 Å². The molecule has 25 heavy (non-hydrogen) atoms. The Labute approximate surface area is 148 Å². The molecule has 10 heteroatoms. The molecular weight excluding hydrogens is 352 g/mol. The number of rotatable bonds is 5. The van der Waals surface area contributed by atoms with Gasteiger partial charge in [-0.1, -0.05) is 6.92 Å². The highest BCUT2D eigenvalue weighted by Gasteiger charge is 2.45. The van der Waals surface area contributed by atoms with Gasteiger partial charge in [0, 0.05) is 24.6 Å². The van der Waals surface area contributed by atoms with E-state index in [4.69, 9.17) is 21.7 Å². The first-order chi connectivity index (χ1) is 11.8. The van der Waals surface area contributed by atoms with E-state index in [0.29, 0.717) is 0 Å². The highest BCUT2D eigenvalue weighted by atomic mass is 32.1. The number of nitrogens with one attached hydrogen (secondary N) is 1. The lowest BCUT2D eigenvalue weighted by Crippen LogP contribution is -2.32. The second-order valence-electron chi connectivity index (χ2n) is 5.75. The number of aromatic nitrogens is 2. The van der Waals surface area contributed by atoms with Crippen LogP contribution in [0.15, 0.2) is 11.0 Å². The van der Waals surface area contributed by atoms with Crippen molar-refractivity contribution in [2.24, 2.45) is 5.92 Å². The van der Waals surface area contributed by atoms with Crippen LogP contribution in [0.2, 0.25) is 0 Å². The monoisotopic (exact) mass is 372 g/mol. The molecule has 1 aromatic rings. The minimum Gasteiger partial charge on any atom is -0.469 e. The van der Waals surface area contributed by atoms with Gasteiger partial charge in [-0.2, -0.15) is 0 Å². The minimum absolute atomic E-state index is 0.0477. The number of carbonyl (C=O) groups excluding carboxylic acids is 2. The van der Waals surface area contributed by atoms with E-state index in [9.17, 15) is 19.5 Å². The molecule has 0 spiro atoms. The molecule has 0 aromatic carbocycles. The van der Waals surface area contributed by atoms with Crippen LogP contribution in [0.25, 0.3) is 0 Å². The normalized spacial score (nSPS) is 25.6. The Morgan fingerprint density at radius 3 is 2.72 bits per heavy atom. The average Bonchev–Trinajstić information content (AvgIpc) is 2.85. The number of esters is 2. The molecule has 0 saturated carbocycles. The maximum absolute atomic E-state index is 12.0. The van der Waals surface area contributed by atoms with E-state index in [1.165, 1.54) is 24.8 Å². The summed E-state index contributed by atoms with van der Waals surface area (Å²) >= 11 is 5.17. The summed E-state index contributed by atoms with van der Waals surface area (Å²) in [5.74, 6) is -1.38. The summed E-state index contributed by atoms with van der Waals surface area (Å²) in [5, 5.41) is 9.45. The van der Waals surface area contributed by atoms with Crippen molar-refractivity contribution in [2.75, 3.05) is 13.7 Å². The SMILES string of the molecule is COC(=O)Cc1cn([C@@H]2O[C@H](CO)C(C)[C@@H]2OC(C)=O)c(=S)[nH]c1=O. The van der Waals surface area contributed by atoms with Crippen molar-refractivity contribution in [3.05, 3.63) is 26.9 Å². The van der Waals surface area contributed by atoms with Crippen molar-refractivity contribution in [1.82, 2.24) is 9.55 Å². The van der Waals surface area contributed by atoms with E-state index in [-0.39, 0.29) is 29.3 Å². The number of aliphatic hydroxyl groups is 1. The quantitative estimate of drug-likeness (QED) is 0.551. The van der Waals surface area contributed by atoms with Crippen LogP contribution >= 0.6 is 12.2 Å². The van der Waals surface area contributed by atoms with Gasteiger partial charge in [-0.25, -0.2) is 0 Å². The first kappa shape index (κ1) is 19.3. The fraction of sp³-hybridized carbons (Fsp3) is 0.600. The molecule has 1 aliphatic heterocycles. The van der Waals surface area contributed by atoms with Crippen molar-refractivity contribution in [2.45, 2.75) is 38.7 Å². The van der Waals surface area contributed by atoms with Crippen LogP contribution in [0, 0.1) is 10.7 Å². The molecule has 0 amide bonds. The highest BCUT2D eigenvalue weighted by molar-refractivity contribution is 7.71. The Bertz CT molecular complexity index is 772. The van der Waals surface area contributed by atoms with Crippen LogP contribution in [0.3, 0.4) is 0 Å². The van der Waals surface area contributed by atoms with E-state index in [2.05, 4.69) is 9.72 Å². The Balaban J connectivity index is 2.45. The third-order valence-corrected chi connectivity index (χ3v) is 4.37. The molecular formula is C15H20N2O7S. The molecule has 2 N–H and O–H groups in total. The minimum atomic E-state index is -0.836. The van der Waals surface area contributed by atoms with Crippen molar-refractivity contribution in [1.29, 1.82) is 0 Å². The van der Waals surface area contributed by atoms with Gasteiger partial charge in [0.2, 0.25) is 0 Å². The molecule has 2 heterocycles. The maximum Gasteiger partial charge on any atom is 0.310 e. The first-order valence-electron chi connectivity index (χ1n) is 7.63. The van der Waals surface area contributed by atoms with Gasteiger partial charge >= 0.3 is 11.9 Å². The summed E-state index contributed by atoms with van der Waals surface area (Å²) in [4.78, 5) is 37.3. The van der Waals surface area contributed by atoms with Crippen LogP contribution in [0.4, 0.5) is 0 Å². The van der Waals surface area contributed by atoms with Gasteiger partial charge < -0.3 is 19.3 Å². The molecule has 0 radical (unpaired) electrons. The van der Waals surface area contributed by atoms with E-state index in [1.807, 2.05) is 0 Å². The molecule has 1 fully saturated rings. The number of hydrogen-bond donors (Lipinski definition) is 2. The van der Waals surface area contributed by atoms with Gasteiger partial charge in [-0.05, 0) is 12.2 Å². The lowest BCUT2D eigenvalue weighted by Gasteiger charge is -2.23. The molecule has 2 rings (SSSR count). The lowest BCUT2D eigenvalue weighted by atomic mass is 10.0. The molecule has 4 atom stereocenters. The van der Waals surface area contributed by atoms with Crippen molar-refractivity contribution in [3.63, 3.8) is 0 Å². The molecule has 138 valence electrons. The smallest absolute Gasteiger partial charge is 0.310 e. The van der Waals surface area contributed by atoms with Gasteiger partial charge in [-0.15, -0.1) is 0 Å². The highest BCUT2D eigenvalue weighted by Crippen LogP contribution is 2.36. The van der Waals surface area contributed by atoms with Crippen molar-refractivity contribution < 1.29 is 28.9 Å². The average molecular weight is 372 g/mol. The van der Waals surface area contributed by atoms with E-state index in [1.54, 1.807) is 6.92 Å². The predicted molar refractivity (Wildman–Crippen MR) is 87.3 cm³/mol. The Kier molecular flexibility index (Phi) is 6.09. The van der Waals surface area contributed by atoms with Gasteiger partial charge in [-0.3, -0.25) is 23.9 Å². The van der Waals surface area contributed by atoms with Crippen molar-refractivity contribution in [3.8, 4) is 0 Å². The van der Waals surface area contributed by atoms with E-state index >= 15 is 0 Å². The van der Waals surface area contributed by atoms with Gasteiger partial charge in [0.1, 0.15) is 0 Å². The van der Waals surface area contributed by atoms with Gasteiger partial charge in [0.25, 0.3) is 5.56 Å². The van der Waals surface area contributed by atoms with Crippen LogP contribution in [0.5, 0.6) is 0 Å². The Morgan fingerprint density at radius 1 is 1.48 bits per heavy atom. The van der Waals surface area contributed by atoms with Crippen LogP contribution in [0.1, 0.15) is 25.6 Å². The Morgan fingerprint density at radius 2 is 2.16 bits per heavy atom. The van der Waals surface area contributed by atoms with Crippen LogP contribution < -0.4 is 5.56 Å². The fourth-order valence-corrected chi connectivity index (χ4v) is 2.96. The third kappa shape index (κ3) is 4.14. The largest absolute Gasteiger partial charge is 0.469 e. The van der Waals surface area contributed by atoms with Crippen LogP contribution in [-0.4, -0.2) is 52.5 Å². The topological polar surface area (TPSA) is 120 Å². The number of ether oxygens (including phenoxy) is 3. The zero-order valence-corrected chi connectivity index (χ0v) is 14.9. The van der Waals surface area contributed by atoms with Crippen LogP contribution in [-0.2, 0) is 30.2 Å². The van der Waals surface area contributed by atoms with Crippen molar-refractivity contribution >= 4 is 24.2 Å². The molecule has 1 aliphatic rings. The standard InChI is InChI=1S/C15H20N2O7S/c1-7-10(6-18)24-14(12(7)23-8(2)19)17-5-9(4-11(20)22-3)13(21)16-15(17)25/h5,7,10,12,14,18H,4,6H2,1-3H3,(H,16,21,25)/t7?,10-,12+,14-/m1/s1. The second-order valence-corrected chi connectivity index (χ2v) is 6.14. The second kappa shape index (κ2) is 7.89. The number of carbonyl (C=O) groups is 2. The predicted octanol–water partition coefficient (Wildman–Crippen LogP) is 0.0789. The number of methoxy groups -OCH3 is 1. The molecule has 0 aliphatic carbocycles. The summed E-state index contributed by atoms with van der Waals surface area (Å²) in [5.41, 5.74) is -0.383.